The van der Waals surface area contributed by atoms with Crippen molar-refractivity contribution < 1.29 is 7.78 Å². The Bertz CT molecular complexity index is 53.5. The fourth-order valence-electron chi connectivity index (χ4n) is 0.0204. The van der Waals surface area contributed by atoms with Gasteiger partial charge in [0.2, 0.25) is 0 Å². The van der Waals surface area contributed by atoms with Crippen LogP contribution in [0, 0.1) is 0 Å². The molecule has 0 saturated carbocycles. The molecular weight excluding hydrogens is 300 g/mol. The molecule has 3 nitrogen and oxygen atoms in total. The van der Waals surface area contributed by atoms with E-state index in [1.54, 1.807) is 0 Å². The molecule has 0 spiro atoms. The van der Waals surface area contributed by atoms with Gasteiger partial charge in [0.1, 0.15) is 0 Å². The van der Waals surface area contributed by atoms with Crippen LogP contribution >= 0.6 is 0 Å². The predicted octanol–water partition coefficient (Wildman–Crippen LogP) is -0.0930. The van der Waals surface area contributed by atoms with Gasteiger partial charge in [0.15, 0.2) is 0 Å². The maximum absolute atomic E-state index is 9.45. The molecule has 0 aromatic heterocycles. The quantitative estimate of drug-likeness (QED) is 0.493. The van der Waals surface area contributed by atoms with E-state index in [0.717, 1.165) is 22.8 Å². The predicted molar refractivity (Wildman–Crippen MR) is 18.2 cm³/mol. The van der Waals surface area contributed by atoms with E-state index in [0.29, 0.717) is 0 Å². The summed E-state index contributed by atoms with van der Waals surface area (Å²) in [6.07, 6.45) is 0. The van der Waals surface area contributed by atoms with Crippen LogP contribution in [0.15, 0.2) is 6.67 Å². The van der Waals surface area contributed by atoms with Crippen LogP contribution in [-0.2, 0) is 3.08 Å². The molecule has 0 aliphatic heterocycles. The average Bonchev–Trinajstić information content (AvgIpc) is 1.41. The van der Waals surface area contributed by atoms with Crippen molar-refractivity contribution in [3.63, 3.8) is 0 Å². The Morgan fingerprint density at radius 1 is 1.67 bits per heavy atom. The van der Waals surface area contributed by atoms with Crippen molar-refractivity contribution in [1.29, 1.82) is 0 Å². The molecule has 0 bridgehead atoms. The zero-order valence-corrected chi connectivity index (χ0v) is 8.39. The summed E-state index contributed by atoms with van der Waals surface area (Å²) in [7, 11) is 0. The molecule has 0 aromatic carbocycles. The molecule has 0 N–H and O–H groups in total. The van der Waals surface area contributed by atoms with Crippen molar-refractivity contribution in [3.8, 4) is 0 Å². The third kappa shape index (κ3) is 8.87. The molecule has 0 atom stereocenters. The average molecular weight is 300 g/mol. The molecule has 0 heterocycles. The molecule has 0 aromatic rings. The summed E-state index contributed by atoms with van der Waals surface area (Å²) < 4.78 is 16.0. The minimum absolute atomic E-state index is 0. The van der Waals surface area contributed by atoms with E-state index in [2.05, 4.69) is 6.67 Å². The fraction of sp³-hybridized carbons (Fsp3) is 0. The second-order valence-electron chi connectivity index (χ2n) is 0.291. The third-order valence-electron chi connectivity index (χ3n) is 0.0908. The van der Waals surface area contributed by atoms with Crippen molar-refractivity contribution in [2.75, 3.05) is 0 Å². The molecule has 6 heavy (non-hydrogen) atoms. The van der Waals surface area contributed by atoms with Crippen LogP contribution in [0.3, 0.4) is 0 Å². The summed E-state index contributed by atoms with van der Waals surface area (Å²) in [6, 6.07) is 0. The number of nitrogens with zero attached hydrogens (tertiary/aromatic N) is 2. The van der Waals surface area contributed by atoms with E-state index in [-0.39, 0.29) is 4.70 Å². The molecule has 6 heteroatoms. The summed E-state index contributed by atoms with van der Waals surface area (Å²) in [5.41, 5.74) is 0. The van der Waals surface area contributed by atoms with Gasteiger partial charge in [0, 0.05) is 4.70 Å². The summed E-state index contributed by atoms with van der Waals surface area (Å²) in [5, 5.41) is 0. The van der Waals surface area contributed by atoms with Gasteiger partial charge in [-0.2, -0.15) is 0 Å². The first kappa shape index (κ1) is 10.0. The molecule has 31 valence electrons. The summed E-state index contributed by atoms with van der Waals surface area (Å²) in [5.74, 6) is 0. The van der Waals surface area contributed by atoms with Crippen LogP contribution in [-0.4, -0.2) is 44.2 Å². The van der Waals surface area contributed by atoms with Gasteiger partial charge >= 0.3 is 53.9 Å². The van der Waals surface area contributed by atoms with E-state index >= 15 is 0 Å². The zero-order chi connectivity index (χ0) is 4.12. The van der Waals surface area contributed by atoms with Gasteiger partial charge in [0.05, 0.1) is 0 Å². The van der Waals surface area contributed by atoms with E-state index in [9.17, 15) is 3.08 Å². The molecule has 0 aliphatic rings. The molecular formula is FN2OSn2. The topological polar surface area (TPSA) is 41.8 Å². The first-order valence-electron chi connectivity index (χ1n) is 0.851. The van der Waals surface area contributed by atoms with Gasteiger partial charge in [-0.15, -0.1) is 0 Å². The maximum atomic E-state index is 9.45. The van der Waals surface area contributed by atoms with Gasteiger partial charge < -0.3 is 0 Å². The Hall–Kier alpha value is 0.927. The Kier molecular flexibility index (Phi) is 15.6. The van der Waals surface area contributed by atoms with E-state index in [4.69, 9.17) is 0 Å². The first-order valence-corrected chi connectivity index (χ1v) is 4.57. The van der Waals surface area contributed by atoms with E-state index in [1.165, 1.54) is 0 Å². The van der Waals surface area contributed by atoms with Gasteiger partial charge in [-0.3, -0.25) is 0 Å². The summed E-state index contributed by atoms with van der Waals surface area (Å²) in [4.78, 5) is 0. The van der Waals surface area contributed by atoms with Crippen LogP contribution < -0.4 is 0 Å². The summed E-state index contributed by atoms with van der Waals surface area (Å²) >= 11 is -0.578. The molecule has 0 rings (SSSR count). The first-order chi connectivity index (χ1) is 2.41. The Morgan fingerprint density at radius 2 is 2.17 bits per heavy atom. The minimum atomic E-state index is -1.56. The molecule has 0 fully saturated rings. The Labute approximate surface area is 58.4 Å². The molecule has 5 radical (unpaired) electrons. The SMILES string of the molecule is [F].[O]=[Sn][N]=[N][Sn]. The number of hydrogen-bond donors (Lipinski definition) is 0. The van der Waals surface area contributed by atoms with Crippen molar-refractivity contribution in [2.45, 2.75) is 0 Å². The number of hydrogen-bond acceptors (Lipinski definition) is 2. The van der Waals surface area contributed by atoms with Crippen LogP contribution in [0.25, 0.3) is 0 Å². The van der Waals surface area contributed by atoms with Crippen LogP contribution in [0.1, 0.15) is 0 Å². The van der Waals surface area contributed by atoms with Gasteiger partial charge in [-0.05, 0) is 0 Å². The van der Waals surface area contributed by atoms with Gasteiger partial charge in [0.25, 0.3) is 0 Å². The Morgan fingerprint density at radius 3 is 2.17 bits per heavy atom. The van der Waals surface area contributed by atoms with Crippen LogP contribution in [0.4, 0.5) is 4.70 Å². The van der Waals surface area contributed by atoms with Gasteiger partial charge in [-0.25, -0.2) is 0 Å². The van der Waals surface area contributed by atoms with Crippen molar-refractivity contribution in [2.24, 2.45) is 6.67 Å². The standard InChI is InChI=1S/F.N2.O.2Sn/c;1-2;;;/q;-2;;2*+1. The summed E-state index contributed by atoms with van der Waals surface area (Å²) in [6.45, 7) is 0. The fourth-order valence-corrected chi connectivity index (χ4v) is 0.919. The second kappa shape index (κ2) is 9.33. The molecule has 0 amide bonds. The van der Waals surface area contributed by atoms with Crippen molar-refractivity contribution in [3.05, 3.63) is 0 Å². The van der Waals surface area contributed by atoms with E-state index in [1.807, 2.05) is 0 Å². The van der Waals surface area contributed by atoms with E-state index < -0.39 is 21.4 Å². The second-order valence-corrected chi connectivity index (χ2v) is 1.95. The van der Waals surface area contributed by atoms with Gasteiger partial charge in [-0.1, -0.05) is 0 Å². The number of rotatable bonds is 1. The molecule has 0 unspecified atom stereocenters. The van der Waals surface area contributed by atoms with Crippen LogP contribution in [0.2, 0.25) is 0 Å². The molecule has 0 saturated heterocycles. The zero-order valence-electron chi connectivity index (χ0n) is 2.68. The van der Waals surface area contributed by atoms with Crippen LogP contribution in [0.5, 0.6) is 0 Å². The van der Waals surface area contributed by atoms with Crippen molar-refractivity contribution >= 4 is 44.2 Å². The molecule has 0 aliphatic carbocycles. The Balaban J connectivity index is 0. The monoisotopic (exact) mass is 303 g/mol. The normalized spacial score (nSPS) is 7.50. The van der Waals surface area contributed by atoms with Crippen molar-refractivity contribution in [1.82, 2.24) is 0 Å². The third-order valence-corrected chi connectivity index (χ3v) is 2.52. The number of halogens is 1.